The molecule has 0 bridgehead atoms. The number of carbonyl (C=O) groups is 2. The molecule has 0 spiro atoms. The zero-order chi connectivity index (χ0) is 21.5. The Labute approximate surface area is 171 Å². The molecule has 0 aromatic carbocycles. The van der Waals surface area contributed by atoms with E-state index in [2.05, 4.69) is 13.8 Å². The molecule has 0 aliphatic rings. The van der Waals surface area contributed by atoms with Crippen molar-refractivity contribution < 1.29 is 28.5 Å². The Balaban J connectivity index is 5.76. The van der Waals surface area contributed by atoms with Crippen LogP contribution in [0.2, 0.25) is 0 Å². The smallest absolute Gasteiger partial charge is 0.342 e. The molecule has 0 aliphatic heterocycles. The van der Waals surface area contributed by atoms with Crippen LogP contribution in [-0.4, -0.2) is 49.6 Å². The maximum absolute atomic E-state index is 13.2. The SMILES string of the molecule is CCCCCOC(=O)C(CC)(OCC)C(CC)(OCC)C(=O)OCCCCC. The highest BCUT2D eigenvalue weighted by atomic mass is 16.6. The highest BCUT2D eigenvalue weighted by Gasteiger charge is 2.63. The Morgan fingerprint density at radius 1 is 0.607 bits per heavy atom. The van der Waals surface area contributed by atoms with Crippen molar-refractivity contribution in [1.82, 2.24) is 0 Å². The molecule has 0 saturated carbocycles. The van der Waals surface area contributed by atoms with Crippen molar-refractivity contribution in [3.8, 4) is 0 Å². The third-order valence-corrected chi connectivity index (χ3v) is 5.05. The van der Waals surface area contributed by atoms with E-state index in [9.17, 15) is 9.59 Å². The third kappa shape index (κ3) is 6.73. The topological polar surface area (TPSA) is 71.1 Å². The van der Waals surface area contributed by atoms with E-state index in [-0.39, 0.29) is 26.1 Å². The van der Waals surface area contributed by atoms with E-state index in [0.29, 0.717) is 13.2 Å². The number of hydrogen-bond acceptors (Lipinski definition) is 6. The van der Waals surface area contributed by atoms with Gasteiger partial charge in [0.25, 0.3) is 0 Å². The third-order valence-electron chi connectivity index (χ3n) is 5.05. The Kier molecular flexibility index (Phi) is 14.2. The van der Waals surface area contributed by atoms with Gasteiger partial charge in [-0.25, -0.2) is 9.59 Å². The van der Waals surface area contributed by atoms with E-state index in [0.717, 1.165) is 38.5 Å². The number of ether oxygens (including phenoxy) is 4. The van der Waals surface area contributed by atoms with Gasteiger partial charge in [0, 0.05) is 13.2 Å². The molecule has 0 rings (SSSR count). The Bertz CT molecular complexity index is 399. The molecule has 0 aliphatic carbocycles. The second-order valence-corrected chi connectivity index (χ2v) is 6.91. The molecule has 0 aromatic rings. The lowest BCUT2D eigenvalue weighted by Gasteiger charge is -2.44. The van der Waals surface area contributed by atoms with E-state index in [4.69, 9.17) is 18.9 Å². The fraction of sp³-hybridized carbons (Fsp3) is 0.909. The van der Waals surface area contributed by atoms with E-state index >= 15 is 0 Å². The van der Waals surface area contributed by atoms with Crippen LogP contribution in [0.15, 0.2) is 0 Å². The van der Waals surface area contributed by atoms with Crippen molar-refractivity contribution in [2.75, 3.05) is 26.4 Å². The highest BCUT2D eigenvalue weighted by molar-refractivity contribution is 5.93. The average Bonchev–Trinajstić information content (AvgIpc) is 2.70. The Morgan fingerprint density at radius 2 is 0.964 bits per heavy atom. The zero-order valence-corrected chi connectivity index (χ0v) is 18.9. The van der Waals surface area contributed by atoms with Crippen LogP contribution in [0.25, 0.3) is 0 Å². The summed E-state index contributed by atoms with van der Waals surface area (Å²) in [5.74, 6) is -1.09. The maximum Gasteiger partial charge on any atom is 0.342 e. The van der Waals surface area contributed by atoms with Gasteiger partial charge in [-0.15, -0.1) is 0 Å². The van der Waals surface area contributed by atoms with Crippen molar-refractivity contribution in [2.24, 2.45) is 0 Å². The van der Waals surface area contributed by atoms with Crippen LogP contribution >= 0.6 is 0 Å². The van der Waals surface area contributed by atoms with E-state index in [1.165, 1.54) is 0 Å². The number of carbonyl (C=O) groups excluding carboxylic acids is 2. The normalized spacial score (nSPS) is 15.5. The first-order valence-electron chi connectivity index (χ1n) is 11.1. The quantitative estimate of drug-likeness (QED) is 0.256. The standard InChI is InChI=1S/C22H42O6/c1-7-13-15-17-25-19(23)21(9-3,27-11-5)22(10-4,28-12-6)20(24)26-18-16-14-8-2/h7-18H2,1-6H3. The number of esters is 2. The number of rotatable bonds is 17. The summed E-state index contributed by atoms with van der Waals surface area (Å²) in [4.78, 5) is 26.4. The van der Waals surface area contributed by atoms with Crippen LogP contribution < -0.4 is 0 Å². The molecule has 6 heteroatoms. The molecule has 0 fully saturated rings. The monoisotopic (exact) mass is 402 g/mol. The first-order valence-corrected chi connectivity index (χ1v) is 11.1. The summed E-state index contributed by atoms with van der Waals surface area (Å²) in [7, 11) is 0. The van der Waals surface area contributed by atoms with Crippen LogP contribution in [0.4, 0.5) is 0 Å². The van der Waals surface area contributed by atoms with E-state index in [1.807, 2.05) is 13.8 Å². The zero-order valence-electron chi connectivity index (χ0n) is 18.9. The molecule has 0 heterocycles. The van der Waals surface area contributed by atoms with Crippen molar-refractivity contribution >= 4 is 11.9 Å². The van der Waals surface area contributed by atoms with Crippen LogP contribution in [0.3, 0.4) is 0 Å². The number of unbranched alkanes of at least 4 members (excludes halogenated alkanes) is 4. The Hall–Kier alpha value is -1.14. The molecule has 28 heavy (non-hydrogen) atoms. The van der Waals surface area contributed by atoms with Gasteiger partial charge in [0.1, 0.15) is 0 Å². The van der Waals surface area contributed by atoms with E-state index in [1.54, 1.807) is 13.8 Å². The molecule has 2 unspecified atom stereocenters. The molecule has 0 amide bonds. The summed E-state index contributed by atoms with van der Waals surface area (Å²) in [6.45, 7) is 12.5. The van der Waals surface area contributed by atoms with Crippen molar-refractivity contribution in [2.45, 2.75) is 104 Å². The molecule has 0 aromatic heterocycles. The predicted molar refractivity (Wildman–Crippen MR) is 110 cm³/mol. The minimum Gasteiger partial charge on any atom is -0.463 e. The molecule has 2 atom stereocenters. The van der Waals surface area contributed by atoms with Crippen LogP contribution in [0.1, 0.15) is 92.9 Å². The van der Waals surface area contributed by atoms with Gasteiger partial charge in [-0.3, -0.25) is 0 Å². The molecular formula is C22H42O6. The summed E-state index contributed by atoms with van der Waals surface area (Å²) < 4.78 is 23.0. The van der Waals surface area contributed by atoms with Crippen LogP contribution in [0.5, 0.6) is 0 Å². The van der Waals surface area contributed by atoms with Gasteiger partial charge in [-0.05, 0) is 39.5 Å². The minimum absolute atomic E-state index is 0.255. The molecule has 6 nitrogen and oxygen atoms in total. The fourth-order valence-electron chi connectivity index (χ4n) is 3.50. The van der Waals surface area contributed by atoms with E-state index < -0.39 is 23.1 Å². The van der Waals surface area contributed by atoms with Gasteiger partial charge >= 0.3 is 11.9 Å². The molecule has 0 saturated heterocycles. The molecule has 0 radical (unpaired) electrons. The van der Waals surface area contributed by atoms with Gasteiger partial charge < -0.3 is 18.9 Å². The second-order valence-electron chi connectivity index (χ2n) is 6.91. The minimum atomic E-state index is -1.53. The highest BCUT2D eigenvalue weighted by Crippen LogP contribution is 2.39. The van der Waals surface area contributed by atoms with Crippen molar-refractivity contribution in [1.29, 1.82) is 0 Å². The fourth-order valence-corrected chi connectivity index (χ4v) is 3.50. The summed E-state index contributed by atoms with van der Waals surface area (Å²) in [5, 5.41) is 0. The predicted octanol–water partition coefficient (Wildman–Crippen LogP) is 4.82. The number of hydrogen-bond donors (Lipinski definition) is 0. The first-order chi connectivity index (χ1) is 13.5. The van der Waals surface area contributed by atoms with Gasteiger partial charge in [0.15, 0.2) is 0 Å². The summed E-state index contributed by atoms with van der Waals surface area (Å²) in [6.07, 6.45) is 6.09. The van der Waals surface area contributed by atoms with Gasteiger partial charge in [0.2, 0.25) is 11.2 Å². The first kappa shape index (κ1) is 26.9. The Morgan fingerprint density at radius 3 is 1.21 bits per heavy atom. The van der Waals surface area contributed by atoms with Gasteiger partial charge in [0.05, 0.1) is 13.2 Å². The van der Waals surface area contributed by atoms with Crippen LogP contribution in [0, 0.1) is 0 Å². The second kappa shape index (κ2) is 14.8. The van der Waals surface area contributed by atoms with Gasteiger partial charge in [-0.2, -0.15) is 0 Å². The van der Waals surface area contributed by atoms with Crippen LogP contribution in [-0.2, 0) is 28.5 Å². The molecule has 166 valence electrons. The largest absolute Gasteiger partial charge is 0.463 e. The summed E-state index contributed by atoms with van der Waals surface area (Å²) >= 11 is 0. The van der Waals surface area contributed by atoms with Crippen molar-refractivity contribution in [3.05, 3.63) is 0 Å². The lowest BCUT2D eigenvalue weighted by molar-refractivity contribution is -0.237. The maximum atomic E-state index is 13.2. The lowest BCUT2D eigenvalue weighted by Crippen LogP contribution is -2.66. The molecule has 0 N–H and O–H groups in total. The summed E-state index contributed by atoms with van der Waals surface area (Å²) in [6, 6.07) is 0. The lowest BCUT2D eigenvalue weighted by atomic mass is 9.77. The van der Waals surface area contributed by atoms with Gasteiger partial charge in [-0.1, -0.05) is 53.4 Å². The average molecular weight is 403 g/mol. The summed E-state index contributed by atoms with van der Waals surface area (Å²) in [5.41, 5.74) is -3.05. The van der Waals surface area contributed by atoms with Crippen molar-refractivity contribution in [3.63, 3.8) is 0 Å². The molecular weight excluding hydrogens is 360 g/mol.